The number of hydrogen-bond donors (Lipinski definition) is 0. The Morgan fingerprint density at radius 2 is 1.62 bits per heavy atom. The van der Waals surface area contributed by atoms with Gasteiger partial charge < -0.3 is 13.7 Å². The van der Waals surface area contributed by atoms with Crippen molar-refractivity contribution in [2.24, 2.45) is 5.41 Å². The van der Waals surface area contributed by atoms with E-state index in [9.17, 15) is 0 Å². The number of ether oxygens (including phenoxy) is 2. The first-order valence-corrected chi connectivity index (χ1v) is 18.4. The highest BCUT2D eigenvalue weighted by atomic mass is 32.3. The van der Waals surface area contributed by atoms with E-state index in [2.05, 4.69) is 107 Å². The molecule has 1 aliphatic carbocycles. The van der Waals surface area contributed by atoms with Crippen molar-refractivity contribution in [1.29, 1.82) is 0 Å². The second kappa shape index (κ2) is 10.9. The maximum Gasteiger partial charge on any atom is 0.111 e. The average Bonchev–Trinajstić information content (AvgIpc) is 3.20. The summed E-state index contributed by atoms with van der Waals surface area (Å²) in [6, 6.07) is 9.18. The summed E-state index contributed by atoms with van der Waals surface area (Å²) in [7, 11) is -1.35. The molecule has 5 heteroatoms. The minimum atomic E-state index is -1.35. The van der Waals surface area contributed by atoms with E-state index in [1.54, 1.807) is 0 Å². The predicted octanol–water partition coefficient (Wildman–Crippen LogP) is 9.83. The largest absolute Gasteiger partial charge is 0.381 e. The van der Waals surface area contributed by atoms with Crippen molar-refractivity contribution < 1.29 is 13.7 Å². The summed E-state index contributed by atoms with van der Waals surface area (Å²) >= 11 is 0. The molecule has 0 bridgehead atoms. The molecule has 1 unspecified atom stereocenters. The van der Waals surface area contributed by atoms with Crippen LogP contribution in [0.5, 0.6) is 0 Å². The van der Waals surface area contributed by atoms with Crippen molar-refractivity contribution in [3.63, 3.8) is 0 Å². The minimum Gasteiger partial charge on any atom is -0.381 e. The van der Waals surface area contributed by atoms with Gasteiger partial charge in [-0.2, -0.15) is 0 Å². The number of hydrogen-bond acceptors (Lipinski definition) is 4. The summed E-state index contributed by atoms with van der Waals surface area (Å²) in [4.78, 5) is 5.58. The van der Waals surface area contributed by atoms with Crippen LogP contribution < -0.4 is 0 Å². The summed E-state index contributed by atoms with van der Waals surface area (Å²) < 4.78 is 20.9. The van der Waals surface area contributed by atoms with Crippen LogP contribution in [0.4, 0.5) is 0 Å². The van der Waals surface area contributed by atoms with Crippen LogP contribution in [0.1, 0.15) is 153 Å². The minimum absolute atomic E-state index is 0.00993. The predicted molar refractivity (Wildman–Crippen MR) is 178 cm³/mol. The van der Waals surface area contributed by atoms with Gasteiger partial charge >= 0.3 is 0 Å². The Labute approximate surface area is 258 Å². The number of pyridine rings is 1. The molecule has 0 amide bonds. The van der Waals surface area contributed by atoms with Crippen LogP contribution in [-0.4, -0.2) is 35.0 Å². The van der Waals surface area contributed by atoms with Crippen LogP contribution >= 0.6 is 10.3 Å². The summed E-state index contributed by atoms with van der Waals surface area (Å²) in [6.45, 7) is 27.0. The molecule has 0 saturated carbocycles. The molecule has 0 radical (unpaired) electrons. The maximum atomic E-state index is 7.46. The van der Waals surface area contributed by atoms with Gasteiger partial charge in [-0.05, 0) is 58.3 Å². The number of rotatable bonds is 5. The molecular weight excluding hydrogens is 538 g/mol. The highest BCUT2D eigenvalue weighted by Crippen LogP contribution is 2.64. The highest BCUT2D eigenvalue weighted by Gasteiger charge is 2.53. The zero-order chi connectivity index (χ0) is 30.9. The van der Waals surface area contributed by atoms with E-state index in [0.29, 0.717) is 5.92 Å². The molecule has 2 aliphatic heterocycles. The van der Waals surface area contributed by atoms with Gasteiger partial charge in [-0.3, -0.25) is 4.98 Å². The lowest BCUT2D eigenvalue weighted by atomic mass is 9.70. The lowest BCUT2D eigenvalue weighted by molar-refractivity contribution is -0.122. The molecule has 2 aromatic rings. The first kappa shape index (κ1) is 32.0. The first-order chi connectivity index (χ1) is 19.4. The lowest BCUT2D eigenvalue weighted by Crippen LogP contribution is -2.38. The van der Waals surface area contributed by atoms with Crippen LogP contribution in [0.3, 0.4) is 0 Å². The Morgan fingerprint density at radius 1 is 1.00 bits per heavy atom. The normalized spacial score (nSPS) is 25.6. The smallest absolute Gasteiger partial charge is 0.111 e. The second-order valence-electron chi connectivity index (χ2n) is 16.3. The number of nitrogens with zero attached hydrogens (tertiary/aromatic N) is 1. The third kappa shape index (κ3) is 5.61. The fourth-order valence-electron chi connectivity index (χ4n) is 7.28. The molecule has 1 fully saturated rings. The van der Waals surface area contributed by atoms with Crippen molar-refractivity contribution in [3.8, 4) is 0 Å². The first-order valence-electron chi connectivity index (χ1n) is 16.3. The summed E-state index contributed by atoms with van der Waals surface area (Å²) in [5.74, 6) is 1.34. The molecule has 42 heavy (non-hydrogen) atoms. The van der Waals surface area contributed by atoms with Crippen LogP contribution in [-0.2, 0) is 31.1 Å². The van der Waals surface area contributed by atoms with Crippen molar-refractivity contribution >= 4 is 10.3 Å². The van der Waals surface area contributed by atoms with Gasteiger partial charge in [0.2, 0.25) is 0 Å². The van der Waals surface area contributed by atoms with Crippen LogP contribution in [0.25, 0.3) is 0 Å². The lowest BCUT2D eigenvalue weighted by Gasteiger charge is -2.51. The van der Waals surface area contributed by atoms with Crippen LogP contribution in [0.15, 0.2) is 24.3 Å². The molecule has 1 aromatic heterocycles. The van der Waals surface area contributed by atoms with E-state index >= 15 is 0 Å². The fourth-order valence-corrected chi connectivity index (χ4v) is 9.25. The molecule has 3 heterocycles. The number of aromatic nitrogens is 1. The molecule has 5 rings (SSSR count). The Kier molecular flexibility index (Phi) is 8.30. The fraction of sp³-hybridized carbons (Fsp3) is 0.703. The van der Waals surface area contributed by atoms with Gasteiger partial charge in [0.05, 0.1) is 11.7 Å². The van der Waals surface area contributed by atoms with E-state index in [4.69, 9.17) is 18.6 Å². The van der Waals surface area contributed by atoms with Crippen LogP contribution in [0.2, 0.25) is 0 Å². The van der Waals surface area contributed by atoms with E-state index < -0.39 is 10.3 Å². The Balaban J connectivity index is 1.77. The van der Waals surface area contributed by atoms with Crippen molar-refractivity contribution in [2.45, 2.75) is 136 Å². The highest BCUT2D eigenvalue weighted by molar-refractivity contribution is 8.30. The van der Waals surface area contributed by atoms with Gasteiger partial charge in [0.15, 0.2) is 0 Å². The van der Waals surface area contributed by atoms with Gasteiger partial charge in [-0.1, -0.05) is 100 Å². The molecule has 234 valence electrons. The van der Waals surface area contributed by atoms with Gasteiger partial charge in [0.25, 0.3) is 0 Å². The topological polar surface area (TPSA) is 40.6 Å². The van der Waals surface area contributed by atoms with Gasteiger partial charge in [-0.15, -0.1) is 10.3 Å². The van der Waals surface area contributed by atoms with E-state index in [-0.39, 0.29) is 33.4 Å². The van der Waals surface area contributed by atoms with Gasteiger partial charge in [-0.25, -0.2) is 0 Å². The van der Waals surface area contributed by atoms with Crippen molar-refractivity contribution in [3.05, 3.63) is 63.5 Å². The Hall–Kier alpha value is -1.40. The Bertz CT molecular complexity index is 1290. The number of fused-ring (bicyclic) bond motifs is 4. The average molecular weight is 596 g/mol. The van der Waals surface area contributed by atoms with Gasteiger partial charge in [0, 0.05) is 53.3 Å². The summed E-state index contributed by atoms with van der Waals surface area (Å²) in [5, 5.41) is 0. The third-order valence-electron chi connectivity index (χ3n) is 10.2. The van der Waals surface area contributed by atoms with Gasteiger partial charge in [0.1, 0.15) is 6.10 Å². The molecule has 3 aliphatic rings. The Morgan fingerprint density at radius 3 is 2.14 bits per heavy atom. The zero-order valence-electron chi connectivity index (χ0n) is 28.6. The molecule has 1 aromatic carbocycles. The van der Waals surface area contributed by atoms with Crippen LogP contribution in [0, 0.1) is 5.41 Å². The molecule has 0 N–H and O–H groups in total. The molecule has 1 spiro atoms. The van der Waals surface area contributed by atoms with E-state index in [1.165, 1.54) is 39.2 Å². The summed E-state index contributed by atoms with van der Waals surface area (Å²) in [6.07, 6.45) is 5.99. The SMILES string of the molecule is CCS(C)(O[C@H]1CC(C)(C)Cc2nc(C(C)C)c3c(c21)C1(CCOCC1)O[C@@H]3c1ccc(C(C)(C)C)cc1)C(C)(C)C. The molecule has 4 nitrogen and oxygen atoms in total. The standard InChI is InChI=1S/C37H57NO3S/c1-13-42(12,35(7,8)9)41-28-23-36(10,11)22-27-29(28)31-30(32(38-27)24(2)3)33(40-37(31)18-20-39-21-19-37)25-14-16-26(17-15-25)34(4,5)6/h14-17,24,28,33H,13,18-23H2,1-12H3/t28-,33+/m0/s1. The second-order valence-corrected chi connectivity index (χ2v) is 20.3. The van der Waals surface area contributed by atoms with Crippen molar-refractivity contribution in [2.75, 3.05) is 25.2 Å². The summed E-state index contributed by atoms with van der Waals surface area (Å²) in [5.41, 5.74) is 8.92. The zero-order valence-corrected chi connectivity index (χ0v) is 29.4. The van der Waals surface area contributed by atoms with Crippen molar-refractivity contribution in [1.82, 2.24) is 4.98 Å². The monoisotopic (exact) mass is 595 g/mol. The number of benzene rings is 1. The van der Waals surface area contributed by atoms with E-state index in [0.717, 1.165) is 44.6 Å². The third-order valence-corrected chi connectivity index (χ3v) is 14.6. The van der Waals surface area contributed by atoms with E-state index in [1.807, 2.05) is 0 Å². The molecule has 1 saturated heterocycles. The maximum absolute atomic E-state index is 7.46. The molecular formula is C37H57NO3S. The molecule has 3 atom stereocenters. The quantitative estimate of drug-likeness (QED) is 0.345.